The van der Waals surface area contributed by atoms with Crippen LogP contribution in [0.25, 0.3) is 5.69 Å². The van der Waals surface area contributed by atoms with Gasteiger partial charge in [0.25, 0.3) is 5.63 Å². The van der Waals surface area contributed by atoms with Crippen LogP contribution >= 0.6 is 23.4 Å². The van der Waals surface area contributed by atoms with E-state index in [-0.39, 0.29) is 10.6 Å². The fraction of sp³-hybridized carbons (Fsp3) is 0.471. The van der Waals surface area contributed by atoms with Crippen LogP contribution in [0.1, 0.15) is 6.92 Å². The lowest BCUT2D eigenvalue weighted by molar-refractivity contribution is -0.358. The second-order valence-electron chi connectivity index (χ2n) is 6.21. The summed E-state index contributed by atoms with van der Waals surface area (Å²) in [5, 5.41) is 3.73. The van der Waals surface area contributed by atoms with Gasteiger partial charge in [-0.25, -0.2) is 9.07 Å². The van der Waals surface area contributed by atoms with E-state index in [4.69, 9.17) is 11.6 Å². The summed E-state index contributed by atoms with van der Waals surface area (Å²) in [6, 6.07) is 3.24. The van der Waals surface area contributed by atoms with Crippen molar-refractivity contribution >= 4 is 23.4 Å². The van der Waals surface area contributed by atoms with Crippen LogP contribution in [0, 0.1) is 0 Å². The summed E-state index contributed by atoms with van der Waals surface area (Å²) in [7, 11) is 0. The lowest BCUT2D eigenvalue weighted by Gasteiger charge is -2.27. The minimum absolute atomic E-state index is 0.155. The van der Waals surface area contributed by atoms with Crippen LogP contribution in [0.4, 0.5) is 43.9 Å². The molecule has 186 valence electrons. The fourth-order valence-electron chi connectivity index (χ4n) is 2.20. The molecule has 0 spiro atoms. The summed E-state index contributed by atoms with van der Waals surface area (Å²) in [5.74, 6) is -12.6. The normalized spacial score (nSPS) is 14.3. The number of nitrogens with zero attached hydrogens (tertiary/aromatic N) is 2. The summed E-state index contributed by atoms with van der Waals surface area (Å²) in [5.41, 5.74) is -2.98. The summed E-state index contributed by atoms with van der Waals surface area (Å²) < 4.78 is 138. The molecular weight excluding hydrogens is 522 g/mol. The van der Waals surface area contributed by atoms with Crippen molar-refractivity contribution in [2.75, 3.05) is 12.4 Å². The van der Waals surface area contributed by atoms with E-state index in [9.17, 15) is 43.9 Å². The van der Waals surface area contributed by atoms with Crippen LogP contribution in [0.15, 0.2) is 35.5 Å². The molecule has 0 amide bonds. The molecule has 1 aromatic heterocycles. The Bertz CT molecular complexity index is 952. The standard InChI is InChI=1S/C17H13ClF10N2O2S/c1-2-33-12-5-9(32-15(22,23)13(18)19)3-4-11(12)30-7-10(6-29-30)31-8-14(20,21)16(24,25)17(26,27)28/h3-7,13H,2,8H2,1H3. The number of hydrogen-bond acceptors (Lipinski definition) is 4. The molecule has 0 N–H and O–H groups in total. The Balaban J connectivity index is 2.23. The topological polar surface area (TPSA) is 36.3 Å². The third kappa shape index (κ3) is 6.11. The van der Waals surface area contributed by atoms with Gasteiger partial charge in [-0.15, -0.1) is 11.8 Å². The number of benzene rings is 1. The lowest BCUT2D eigenvalue weighted by atomic mass is 10.2. The average Bonchev–Trinajstić information content (AvgIpc) is 3.14. The highest BCUT2D eigenvalue weighted by atomic mass is 35.5. The molecule has 1 atom stereocenters. The molecule has 0 aliphatic carbocycles. The third-order valence-corrected chi connectivity index (χ3v) is 4.96. The highest BCUT2D eigenvalue weighted by Gasteiger charge is 2.73. The Hall–Kier alpha value is -2.03. The van der Waals surface area contributed by atoms with Crippen molar-refractivity contribution in [1.29, 1.82) is 0 Å². The van der Waals surface area contributed by atoms with Crippen molar-refractivity contribution in [3.05, 3.63) is 30.6 Å². The molecule has 0 radical (unpaired) electrons. The van der Waals surface area contributed by atoms with Gasteiger partial charge in [-0.1, -0.05) is 18.5 Å². The van der Waals surface area contributed by atoms with E-state index >= 15 is 0 Å². The summed E-state index contributed by atoms with van der Waals surface area (Å²) >= 11 is 5.81. The van der Waals surface area contributed by atoms with Gasteiger partial charge in [-0.3, -0.25) is 0 Å². The van der Waals surface area contributed by atoms with Gasteiger partial charge in [0.15, 0.2) is 12.4 Å². The van der Waals surface area contributed by atoms with E-state index in [1.165, 1.54) is 6.07 Å². The van der Waals surface area contributed by atoms with Gasteiger partial charge in [0.2, 0.25) is 0 Å². The predicted octanol–water partition coefficient (Wildman–Crippen LogP) is 6.70. The summed E-state index contributed by atoms with van der Waals surface area (Å²) in [4.78, 5) is 0.236. The molecule has 4 nitrogen and oxygen atoms in total. The summed E-state index contributed by atoms with van der Waals surface area (Å²) in [6.45, 7) is -0.611. The third-order valence-electron chi connectivity index (χ3n) is 3.78. The van der Waals surface area contributed by atoms with Crippen molar-refractivity contribution < 1.29 is 53.4 Å². The van der Waals surface area contributed by atoms with Crippen LogP contribution < -0.4 is 9.47 Å². The minimum atomic E-state index is -6.50. The maximum atomic E-state index is 13.4. The van der Waals surface area contributed by atoms with Gasteiger partial charge in [0, 0.05) is 4.90 Å². The van der Waals surface area contributed by atoms with E-state index in [1.807, 2.05) is 0 Å². The predicted molar refractivity (Wildman–Crippen MR) is 97.7 cm³/mol. The van der Waals surface area contributed by atoms with Crippen LogP contribution in [0.3, 0.4) is 0 Å². The highest BCUT2D eigenvalue weighted by Crippen LogP contribution is 2.46. The second-order valence-corrected chi connectivity index (χ2v) is 7.90. The lowest BCUT2D eigenvalue weighted by Crippen LogP contribution is -2.54. The number of alkyl halides is 11. The fourth-order valence-corrected chi connectivity index (χ4v) is 3.07. The average molecular weight is 535 g/mol. The summed E-state index contributed by atoms with van der Waals surface area (Å²) in [6.07, 6.45) is -9.18. The second kappa shape index (κ2) is 9.68. The van der Waals surface area contributed by atoms with Gasteiger partial charge >= 0.3 is 24.1 Å². The first-order chi connectivity index (χ1) is 15.0. The molecule has 1 unspecified atom stereocenters. The Kier molecular flexibility index (Phi) is 7.98. The van der Waals surface area contributed by atoms with Crippen molar-refractivity contribution in [1.82, 2.24) is 9.78 Å². The molecule has 33 heavy (non-hydrogen) atoms. The van der Waals surface area contributed by atoms with E-state index in [2.05, 4.69) is 14.6 Å². The van der Waals surface area contributed by atoms with Crippen molar-refractivity contribution in [2.45, 2.75) is 41.6 Å². The maximum absolute atomic E-state index is 13.4. The van der Waals surface area contributed by atoms with Crippen LogP contribution in [0.5, 0.6) is 11.5 Å². The smallest absolute Gasteiger partial charge is 0.460 e. The maximum Gasteiger partial charge on any atom is 0.460 e. The van der Waals surface area contributed by atoms with Gasteiger partial charge in [0.1, 0.15) is 5.75 Å². The number of aromatic nitrogens is 2. The van der Waals surface area contributed by atoms with E-state index in [1.54, 1.807) is 6.92 Å². The van der Waals surface area contributed by atoms with E-state index < -0.39 is 47.9 Å². The van der Waals surface area contributed by atoms with Gasteiger partial charge in [0.05, 0.1) is 18.1 Å². The zero-order chi connectivity index (χ0) is 25.2. The van der Waals surface area contributed by atoms with Gasteiger partial charge in [-0.05, 0) is 24.0 Å². The minimum Gasteiger partial charge on any atom is -0.484 e. The van der Waals surface area contributed by atoms with Gasteiger partial charge in [-0.2, -0.15) is 44.6 Å². The molecule has 2 aromatic rings. The number of rotatable bonds is 10. The zero-order valence-electron chi connectivity index (χ0n) is 16.2. The molecule has 2 rings (SSSR count). The zero-order valence-corrected chi connectivity index (χ0v) is 17.7. The molecule has 0 bridgehead atoms. The van der Waals surface area contributed by atoms with Crippen molar-refractivity contribution in [2.24, 2.45) is 0 Å². The van der Waals surface area contributed by atoms with Gasteiger partial charge < -0.3 is 9.47 Å². The van der Waals surface area contributed by atoms with Crippen LogP contribution in [0.2, 0.25) is 0 Å². The Labute approximate surface area is 188 Å². The highest BCUT2D eigenvalue weighted by molar-refractivity contribution is 7.99. The number of thioether (sulfide) groups is 1. The molecule has 0 saturated carbocycles. The van der Waals surface area contributed by atoms with Crippen molar-refractivity contribution in [3.8, 4) is 17.2 Å². The monoisotopic (exact) mass is 534 g/mol. The molecule has 0 aliphatic rings. The number of halogens is 11. The Morgan fingerprint density at radius 3 is 2.24 bits per heavy atom. The van der Waals surface area contributed by atoms with Crippen molar-refractivity contribution in [3.63, 3.8) is 0 Å². The first-order valence-corrected chi connectivity index (χ1v) is 10.1. The van der Waals surface area contributed by atoms with Crippen LogP contribution in [-0.2, 0) is 0 Å². The SMILES string of the molecule is CCSc1cc(OC(F)(F)C(F)Cl)ccc1-n1cc(OCC(F)(F)C(F)(F)C(F)(F)F)cn1. The molecule has 1 aromatic carbocycles. The largest absolute Gasteiger partial charge is 0.484 e. The number of hydrogen-bond donors (Lipinski definition) is 0. The quantitative estimate of drug-likeness (QED) is 0.193. The Morgan fingerprint density at radius 2 is 1.70 bits per heavy atom. The van der Waals surface area contributed by atoms with E-state index in [0.717, 1.165) is 41.0 Å². The molecular formula is C17H13ClF10N2O2S. The molecule has 0 saturated heterocycles. The first-order valence-electron chi connectivity index (χ1n) is 8.64. The molecule has 0 aliphatic heterocycles. The van der Waals surface area contributed by atoms with E-state index in [0.29, 0.717) is 5.75 Å². The molecule has 1 heterocycles. The Morgan fingerprint density at radius 1 is 1.06 bits per heavy atom. The number of ether oxygens (including phenoxy) is 2. The van der Waals surface area contributed by atoms with Crippen LogP contribution in [-0.4, -0.2) is 51.9 Å². The molecule has 0 fully saturated rings. The molecule has 16 heteroatoms. The first kappa shape index (κ1) is 27.2.